The van der Waals surface area contributed by atoms with Crippen LogP contribution in [0, 0.1) is 11.7 Å². The van der Waals surface area contributed by atoms with Crippen LogP contribution < -0.4 is 4.74 Å². The smallest absolute Gasteiger partial charge is 0.253 e. The summed E-state index contributed by atoms with van der Waals surface area (Å²) >= 11 is 0. The Kier molecular flexibility index (Phi) is 4.94. The molecule has 5 heteroatoms. The number of methoxy groups -OCH3 is 1. The number of ether oxygens (including phenoxy) is 1. The predicted molar refractivity (Wildman–Crippen MR) is 131 cm³/mol. The average molecular weight is 455 g/mol. The number of likely N-dealkylation sites (tertiary alicyclic amines) is 1. The molecular formula is C29H27FN2O2. The lowest BCUT2D eigenvalue weighted by Gasteiger charge is -2.51. The van der Waals surface area contributed by atoms with Gasteiger partial charge in [0.05, 0.1) is 7.11 Å². The SMILES string of the molecule is COc1cccc(C23CCN(C(=O)c4ccccc4)CC2Cc2c([nH]c4cc(F)ccc24)C3)c1. The van der Waals surface area contributed by atoms with Gasteiger partial charge in [-0.1, -0.05) is 30.3 Å². The number of hydrogen-bond donors (Lipinski definition) is 1. The van der Waals surface area contributed by atoms with E-state index in [9.17, 15) is 9.18 Å². The summed E-state index contributed by atoms with van der Waals surface area (Å²) in [4.78, 5) is 18.9. The number of halogens is 1. The lowest BCUT2D eigenvalue weighted by molar-refractivity contribution is 0.0501. The Balaban J connectivity index is 1.43. The van der Waals surface area contributed by atoms with Crippen molar-refractivity contribution < 1.29 is 13.9 Å². The number of piperidine rings is 1. The molecule has 0 spiro atoms. The van der Waals surface area contributed by atoms with Crippen LogP contribution in [0.15, 0.2) is 72.8 Å². The summed E-state index contributed by atoms with van der Waals surface area (Å²) in [6.07, 6.45) is 2.55. The number of H-pyrrole nitrogens is 1. The van der Waals surface area contributed by atoms with E-state index in [0.717, 1.165) is 41.5 Å². The van der Waals surface area contributed by atoms with Gasteiger partial charge < -0.3 is 14.6 Å². The van der Waals surface area contributed by atoms with Gasteiger partial charge in [-0.05, 0) is 78.8 Å². The van der Waals surface area contributed by atoms with Gasteiger partial charge >= 0.3 is 0 Å². The molecule has 1 amide bonds. The van der Waals surface area contributed by atoms with Gasteiger partial charge in [-0.3, -0.25) is 4.79 Å². The van der Waals surface area contributed by atoms with Crippen molar-refractivity contribution in [3.05, 3.63) is 101 Å². The minimum absolute atomic E-state index is 0.0895. The highest BCUT2D eigenvalue weighted by Gasteiger charge is 2.49. The summed E-state index contributed by atoms with van der Waals surface area (Å²) in [6.45, 7) is 1.39. The van der Waals surface area contributed by atoms with Crippen molar-refractivity contribution in [1.29, 1.82) is 0 Å². The number of aromatic nitrogens is 1. The number of rotatable bonds is 3. The number of benzene rings is 3. The topological polar surface area (TPSA) is 45.3 Å². The first-order chi connectivity index (χ1) is 16.6. The second-order valence-corrected chi connectivity index (χ2v) is 9.61. The Bertz CT molecular complexity index is 1380. The Morgan fingerprint density at radius 1 is 1.09 bits per heavy atom. The number of carbonyl (C=O) groups is 1. The molecule has 172 valence electrons. The molecule has 4 aromatic rings. The monoisotopic (exact) mass is 454 g/mol. The molecule has 2 atom stereocenters. The highest BCUT2D eigenvalue weighted by atomic mass is 19.1. The molecule has 1 N–H and O–H groups in total. The van der Waals surface area contributed by atoms with Gasteiger partial charge in [0.2, 0.25) is 0 Å². The van der Waals surface area contributed by atoms with Crippen molar-refractivity contribution >= 4 is 16.8 Å². The molecule has 2 unspecified atom stereocenters. The maximum absolute atomic E-state index is 13.9. The first-order valence-electron chi connectivity index (χ1n) is 11.9. The zero-order valence-corrected chi connectivity index (χ0v) is 19.2. The molecule has 2 heterocycles. The molecule has 1 fully saturated rings. The van der Waals surface area contributed by atoms with Gasteiger partial charge in [0, 0.05) is 40.7 Å². The number of fused-ring (bicyclic) bond motifs is 4. The molecule has 1 aromatic heterocycles. The third-order valence-corrected chi connectivity index (χ3v) is 7.90. The van der Waals surface area contributed by atoms with Crippen LogP contribution in [0.4, 0.5) is 4.39 Å². The number of carbonyl (C=O) groups excluding carboxylic acids is 1. The third-order valence-electron chi connectivity index (χ3n) is 7.90. The largest absolute Gasteiger partial charge is 0.497 e. The van der Waals surface area contributed by atoms with E-state index in [4.69, 9.17) is 4.74 Å². The van der Waals surface area contributed by atoms with E-state index in [-0.39, 0.29) is 23.1 Å². The minimum atomic E-state index is -0.231. The zero-order valence-electron chi connectivity index (χ0n) is 19.2. The second kappa shape index (κ2) is 8.01. The predicted octanol–water partition coefficient (Wildman–Crippen LogP) is 5.51. The summed E-state index contributed by atoms with van der Waals surface area (Å²) in [5.74, 6) is 0.952. The van der Waals surface area contributed by atoms with Gasteiger partial charge in [0.1, 0.15) is 11.6 Å². The fraction of sp³-hybridized carbons (Fsp3) is 0.276. The lowest BCUT2D eigenvalue weighted by Crippen LogP contribution is -2.55. The Morgan fingerprint density at radius 3 is 2.76 bits per heavy atom. The summed E-state index contributed by atoms with van der Waals surface area (Å²) in [5, 5.41) is 1.09. The van der Waals surface area contributed by atoms with Crippen molar-refractivity contribution in [2.24, 2.45) is 5.92 Å². The summed E-state index contributed by atoms with van der Waals surface area (Å²) in [6, 6.07) is 22.9. The molecule has 3 aromatic carbocycles. The van der Waals surface area contributed by atoms with Crippen LogP contribution in [0.3, 0.4) is 0 Å². The van der Waals surface area contributed by atoms with E-state index < -0.39 is 0 Å². The molecule has 1 saturated heterocycles. The lowest BCUT2D eigenvalue weighted by atomic mass is 9.58. The summed E-state index contributed by atoms with van der Waals surface area (Å²) in [7, 11) is 1.70. The standard InChI is InChI=1S/C29H27FN2O2/c1-34-23-9-5-8-20(14-23)29-12-13-32(28(33)19-6-3-2-4-7-19)18-21(29)15-25-24-11-10-22(30)16-26(24)31-27(25)17-29/h2-11,14,16,21,31H,12-13,15,17-18H2,1H3. The van der Waals surface area contributed by atoms with E-state index in [0.29, 0.717) is 13.1 Å². The molecule has 0 radical (unpaired) electrons. The fourth-order valence-electron chi connectivity index (χ4n) is 6.16. The van der Waals surface area contributed by atoms with Gasteiger partial charge in [-0.2, -0.15) is 0 Å². The normalized spacial score (nSPS) is 21.7. The quantitative estimate of drug-likeness (QED) is 0.443. The van der Waals surface area contributed by atoms with Crippen LogP contribution in [0.2, 0.25) is 0 Å². The first kappa shape index (κ1) is 21.0. The fourth-order valence-corrected chi connectivity index (χ4v) is 6.16. The van der Waals surface area contributed by atoms with Gasteiger partial charge in [-0.25, -0.2) is 4.39 Å². The highest BCUT2D eigenvalue weighted by molar-refractivity contribution is 5.94. The number of amides is 1. The molecule has 1 aliphatic heterocycles. The van der Waals surface area contributed by atoms with E-state index in [1.165, 1.54) is 22.9 Å². The van der Waals surface area contributed by atoms with Crippen molar-refractivity contribution in [2.75, 3.05) is 20.2 Å². The van der Waals surface area contributed by atoms with E-state index in [1.807, 2.05) is 47.4 Å². The van der Waals surface area contributed by atoms with Crippen LogP contribution in [0.5, 0.6) is 5.75 Å². The van der Waals surface area contributed by atoms with Crippen LogP contribution in [0.1, 0.15) is 33.6 Å². The summed E-state index contributed by atoms with van der Waals surface area (Å²) < 4.78 is 19.5. The Hall–Kier alpha value is -3.60. The van der Waals surface area contributed by atoms with Crippen molar-refractivity contribution in [2.45, 2.75) is 24.7 Å². The van der Waals surface area contributed by atoms with Crippen LogP contribution in [-0.4, -0.2) is 36.0 Å². The molecule has 34 heavy (non-hydrogen) atoms. The van der Waals surface area contributed by atoms with Crippen LogP contribution in [-0.2, 0) is 18.3 Å². The molecule has 0 bridgehead atoms. The molecule has 4 nitrogen and oxygen atoms in total. The maximum atomic E-state index is 13.9. The molecule has 6 rings (SSSR count). The maximum Gasteiger partial charge on any atom is 0.253 e. The number of nitrogens with one attached hydrogen (secondary N) is 1. The van der Waals surface area contributed by atoms with Crippen LogP contribution in [0.25, 0.3) is 10.9 Å². The van der Waals surface area contributed by atoms with E-state index in [1.54, 1.807) is 13.2 Å². The minimum Gasteiger partial charge on any atom is -0.497 e. The molecule has 2 aliphatic rings. The van der Waals surface area contributed by atoms with Crippen molar-refractivity contribution in [1.82, 2.24) is 9.88 Å². The number of hydrogen-bond acceptors (Lipinski definition) is 2. The second-order valence-electron chi connectivity index (χ2n) is 9.61. The van der Waals surface area contributed by atoms with Gasteiger partial charge in [0.15, 0.2) is 0 Å². The zero-order chi connectivity index (χ0) is 23.3. The molecule has 0 saturated carbocycles. The molecular weight excluding hydrogens is 427 g/mol. The van der Waals surface area contributed by atoms with Crippen LogP contribution >= 0.6 is 0 Å². The number of nitrogens with zero attached hydrogens (tertiary/aromatic N) is 1. The summed E-state index contributed by atoms with van der Waals surface area (Å²) in [5.41, 5.74) is 5.15. The van der Waals surface area contributed by atoms with Gasteiger partial charge in [0.25, 0.3) is 5.91 Å². The average Bonchev–Trinajstić information content (AvgIpc) is 3.22. The Labute approximate surface area is 198 Å². The van der Waals surface area contributed by atoms with Gasteiger partial charge in [-0.15, -0.1) is 0 Å². The van der Waals surface area contributed by atoms with E-state index >= 15 is 0 Å². The highest BCUT2D eigenvalue weighted by Crippen LogP contribution is 2.49. The molecule has 1 aliphatic carbocycles. The van der Waals surface area contributed by atoms with Crippen molar-refractivity contribution in [3.8, 4) is 5.75 Å². The Morgan fingerprint density at radius 2 is 1.94 bits per heavy atom. The number of aromatic amines is 1. The van der Waals surface area contributed by atoms with Crippen molar-refractivity contribution in [3.63, 3.8) is 0 Å². The first-order valence-corrected chi connectivity index (χ1v) is 11.9. The third kappa shape index (κ3) is 3.30. The van der Waals surface area contributed by atoms with E-state index in [2.05, 4.69) is 23.2 Å².